The summed E-state index contributed by atoms with van der Waals surface area (Å²) in [7, 11) is 0. The fourth-order valence-electron chi connectivity index (χ4n) is 2.78. The fourth-order valence-corrected chi connectivity index (χ4v) is 2.78. The van der Waals surface area contributed by atoms with E-state index in [2.05, 4.69) is 5.16 Å². The predicted molar refractivity (Wildman–Crippen MR) is 71.0 cm³/mol. The molecule has 6 nitrogen and oxygen atoms in total. The molecule has 1 fully saturated rings. The number of carboxylic acid groups (broad SMARTS) is 1. The van der Waals surface area contributed by atoms with Gasteiger partial charge in [-0.1, -0.05) is 18.5 Å². The molecular formula is C14H20N2O4. The van der Waals surface area contributed by atoms with E-state index in [1.165, 1.54) is 0 Å². The number of amides is 1. The van der Waals surface area contributed by atoms with Crippen LogP contribution in [0.25, 0.3) is 0 Å². The fraction of sp³-hybridized carbons (Fsp3) is 0.643. The molecule has 2 atom stereocenters. The van der Waals surface area contributed by atoms with Crippen LogP contribution in [0.1, 0.15) is 31.2 Å². The van der Waals surface area contributed by atoms with Gasteiger partial charge in [0, 0.05) is 19.2 Å². The number of nitrogens with zero attached hydrogens (tertiary/aromatic N) is 2. The highest BCUT2D eigenvalue weighted by Gasteiger charge is 2.38. The zero-order valence-corrected chi connectivity index (χ0v) is 11.8. The molecule has 0 aliphatic carbocycles. The molecule has 1 amide bonds. The van der Waals surface area contributed by atoms with Crippen LogP contribution < -0.4 is 0 Å². The van der Waals surface area contributed by atoms with Crippen molar-refractivity contribution in [3.8, 4) is 0 Å². The highest BCUT2D eigenvalue weighted by Crippen LogP contribution is 2.28. The molecule has 1 aromatic heterocycles. The monoisotopic (exact) mass is 280 g/mol. The first kappa shape index (κ1) is 14.6. The molecule has 0 bridgehead atoms. The minimum Gasteiger partial charge on any atom is -0.481 e. The van der Waals surface area contributed by atoms with Crippen molar-refractivity contribution in [2.45, 2.75) is 33.1 Å². The second-order valence-electron chi connectivity index (χ2n) is 5.40. The maximum absolute atomic E-state index is 12.2. The Hall–Kier alpha value is -1.85. The molecule has 2 rings (SSSR count). The molecule has 20 heavy (non-hydrogen) atoms. The van der Waals surface area contributed by atoms with Gasteiger partial charge in [0.1, 0.15) is 5.76 Å². The summed E-state index contributed by atoms with van der Waals surface area (Å²) < 4.78 is 5.03. The Bertz CT molecular complexity index is 497. The number of likely N-dealkylation sites (tertiary alicyclic amines) is 1. The lowest BCUT2D eigenvalue weighted by molar-refractivity contribution is -0.142. The Kier molecular flexibility index (Phi) is 4.42. The summed E-state index contributed by atoms with van der Waals surface area (Å²) in [6, 6.07) is 1.73. The number of aromatic nitrogens is 1. The van der Waals surface area contributed by atoms with Crippen molar-refractivity contribution in [1.82, 2.24) is 10.1 Å². The molecule has 0 unspecified atom stereocenters. The van der Waals surface area contributed by atoms with Gasteiger partial charge in [0.05, 0.1) is 18.0 Å². The molecule has 1 saturated heterocycles. The zero-order chi connectivity index (χ0) is 14.7. The third kappa shape index (κ3) is 3.18. The topological polar surface area (TPSA) is 83.6 Å². The van der Waals surface area contributed by atoms with E-state index >= 15 is 0 Å². The maximum Gasteiger partial charge on any atom is 0.308 e. The van der Waals surface area contributed by atoms with Crippen LogP contribution in [0.2, 0.25) is 0 Å². The molecule has 0 radical (unpaired) electrons. The van der Waals surface area contributed by atoms with Crippen LogP contribution in [0.5, 0.6) is 0 Å². The second-order valence-corrected chi connectivity index (χ2v) is 5.40. The number of carbonyl (C=O) groups is 2. The molecule has 0 saturated carbocycles. The molecule has 1 aliphatic heterocycles. The van der Waals surface area contributed by atoms with Gasteiger partial charge in [-0.2, -0.15) is 0 Å². The quantitative estimate of drug-likeness (QED) is 0.883. The zero-order valence-electron chi connectivity index (χ0n) is 11.8. The number of hydrogen-bond acceptors (Lipinski definition) is 4. The van der Waals surface area contributed by atoms with E-state index < -0.39 is 11.9 Å². The van der Waals surface area contributed by atoms with Crippen molar-refractivity contribution < 1.29 is 19.2 Å². The van der Waals surface area contributed by atoms with Gasteiger partial charge < -0.3 is 14.5 Å². The van der Waals surface area contributed by atoms with Crippen molar-refractivity contribution in [2.75, 3.05) is 13.1 Å². The van der Waals surface area contributed by atoms with Gasteiger partial charge in [-0.15, -0.1) is 0 Å². The average molecular weight is 280 g/mol. The van der Waals surface area contributed by atoms with Gasteiger partial charge in [0.2, 0.25) is 5.91 Å². The molecule has 1 aromatic rings. The molecule has 0 aromatic carbocycles. The smallest absolute Gasteiger partial charge is 0.308 e. The number of aliphatic carboxylic acids is 1. The summed E-state index contributed by atoms with van der Waals surface area (Å²) in [5, 5.41) is 13.0. The highest BCUT2D eigenvalue weighted by atomic mass is 16.5. The Balaban J connectivity index is 1.99. The Morgan fingerprint density at radius 2 is 2.25 bits per heavy atom. The van der Waals surface area contributed by atoms with E-state index in [1.807, 2.05) is 6.92 Å². The number of carbonyl (C=O) groups excluding carboxylic acids is 1. The van der Waals surface area contributed by atoms with E-state index in [-0.39, 0.29) is 18.2 Å². The number of rotatable bonds is 5. The number of aryl methyl sites for hydroxylation is 1. The summed E-state index contributed by atoms with van der Waals surface area (Å²) in [5.41, 5.74) is 0.737. The van der Waals surface area contributed by atoms with E-state index in [4.69, 9.17) is 4.52 Å². The summed E-state index contributed by atoms with van der Waals surface area (Å²) in [6.07, 6.45) is 1.91. The van der Waals surface area contributed by atoms with Crippen molar-refractivity contribution in [1.29, 1.82) is 0 Å². The van der Waals surface area contributed by atoms with Crippen LogP contribution in [0, 0.1) is 18.8 Å². The molecular weight excluding hydrogens is 260 g/mol. The van der Waals surface area contributed by atoms with Gasteiger partial charge in [-0.25, -0.2) is 0 Å². The first-order valence-electron chi connectivity index (χ1n) is 6.94. The third-order valence-electron chi connectivity index (χ3n) is 3.77. The van der Waals surface area contributed by atoms with Crippen molar-refractivity contribution in [3.63, 3.8) is 0 Å². The number of hydrogen-bond donors (Lipinski definition) is 1. The second kappa shape index (κ2) is 6.07. The predicted octanol–water partition coefficient (Wildman–Crippen LogP) is 1.48. The van der Waals surface area contributed by atoms with E-state index in [1.54, 1.807) is 17.9 Å². The summed E-state index contributed by atoms with van der Waals surface area (Å²) in [4.78, 5) is 25.1. The highest BCUT2D eigenvalue weighted by molar-refractivity contribution is 5.80. The van der Waals surface area contributed by atoms with Crippen LogP contribution in [0.15, 0.2) is 10.6 Å². The minimum absolute atomic E-state index is 0.0536. The normalized spacial score (nSPS) is 22.2. The van der Waals surface area contributed by atoms with Gasteiger partial charge in [0.25, 0.3) is 0 Å². The van der Waals surface area contributed by atoms with E-state index in [0.29, 0.717) is 18.8 Å². The Morgan fingerprint density at radius 3 is 2.80 bits per heavy atom. The van der Waals surface area contributed by atoms with Crippen LogP contribution in [0.4, 0.5) is 0 Å². The summed E-state index contributed by atoms with van der Waals surface area (Å²) >= 11 is 0. The lowest BCUT2D eigenvalue weighted by Gasteiger charge is -2.15. The summed E-state index contributed by atoms with van der Waals surface area (Å²) in [5.74, 6) is -0.771. The number of carboxylic acids is 1. The lowest BCUT2D eigenvalue weighted by atomic mass is 9.92. The SMILES string of the molecule is CCC[C@@H]1CN(C(=O)Cc2cc(C)no2)C[C@H]1C(=O)O. The van der Waals surface area contributed by atoms with Gasteiger partial charge in [0.15, 0.2) is 0 Å². The first-order chi connectivity index (χ1) is 9.51. The van der Waals surface area contributed by atoms with Gasteiger partial charge in [-0.3, -0.25) is 9.59 Å². The average Bonchev–Trinajstić information content (AvgIpc) is 2.96. The molecule has 110 valence electrons. The van der Waals surface area contributed by atoms with Crippen molar-refractivity contribution >= 4 is 11.9 Å². The Labute approximate surface area is 117 Å². The standard InChI is InChI=1S/C14H20N2O4/c1-3-4-10-7-16(8-12(10)14(18)19)13(17)6-11-5-9(2)15-20-11/h5,10,12H,3-4,6-8H2,1-2H3,(H,18,19)/t10-,12-/m1/s1. The largest absolute Gasteiger partial charge is 0.481 e. The van der Waals surface area contributed by atoms with Crippen molar-refractivity contribution in [3.05, 3.63) is 17.5 Å². The van der Waals surface area contributed by atoms with Crippen molar-refractivity contribution in [2.24, 2.45) is 11.8 Å². The summed E-state index contributed by atoms with van der Waals surface area (Å²) in [6.45, 7) is 4.65. The minimum atomic E-state index is -0.811. The van der Waals surface area contributed by atoms with E-state index in [0.717, 1.165) is 18.5 Å². The molecule has 2 heterocycles. The van der Waals surface area contributed by atoms with Crippen LogP contribution in [-0.2, 0) is 16.0 Å². The van der Waals surface area contributed by atoms with Crippen LogP contribution >= 0.6 is 0 Å². The lowest BCUT2D eigenvalue weighted by Crippen LogP contribution is -2.31. The molecule has 1 N–H and O–H groups in total. The Morgan fingerprint density at radius 1 is 1.50 bits per heavy atom. The first-order valence-corrected chi connectivity index (χ1v) is 6.94. The van der Waals surface area contributed by atoms with Gasteiger partial charge in [-0.05, 0) is 19.3 Å². The van der Waals surface area contributed by atoms with Crippen LogP contribution in [0.3, 0.4) is 0 Å². The van der Waals surface area contributed by atoms with E-state index in [9.17, 15) is 14.7 Å². The van der Waals surface area contributed by atoms with Gasteiger partial charge >= 0.3 is 5.97 Å². The van der Waals surface area contributed by atoms with Crippen LogP contribution in [-0.4, -0.2) is 40.1 Å². The third-order valence-corrected chi connectivity index (χ3v) is 3.77. The maximum atomic E-state index is 12.2. The molecule has 0 spiro atoms. The molecule has 6 heteroatoms. The molecule has 1 aliphatic rings.